The maximum absolute atomic E-state index is 9.39. The van der Waals surface area contributed by atoms with E-state index in [1.165, 1.54) is 16.7 Å². The highest BCUT2D eigenvalue weighted by Crippen LogP contribution is 2.29. The summed E-state index contributed by atoms with van der Waals surface area (Å²) in [5, 5.41) is 9.39. The lowest BCUT2D eigenvalue weighted by Gasteiger charge is -2.29. The summed E-state index contributed by atoms with van der Waals surface area (Å²) in [7, 11) is 0. The average molecular weight is 282 g/mol. The van der Waals surface area contributed by atoms with Gasteiger partial charge in [-0.3, -0.25) is 4.90 Å². The molecule has 0 atom stereocenters. The first-order chi connectivity index (χ1) is 10.2. The summed E-state index contributed by atoms with van der Waals surface area (Å²) in [6.07, 6.45) is 1.71. The quantitative estimate of drug-likeness (QED) is 0.711. The summed E-state index contributed by atoms with van der Waals surface area (Å²) in [4.78, 5) is 2.37. The Morgan fingerprint density at radius 2 is 1.43 bits per heavy atom. The zero-order valence-electron chi connectivity index (χ0n) is 12.2. The van der Waals surface area contributed by atoms with E-state index >= 15 is 0 Å². The molecule has 3 N–H and O–H groups in total. The Labute approximate surface area is 126 Å². The molecule has 0 spiro atoms. The Hall–Kier alpha value is -1.84. The van der Waals surface area contributed by atoms with Gasteiger partial charge in [0.1, 0.15) is 0 Å². The van der Waals surface area contributed by atoms with Crippen LogP contribution in [0.5, 0.6) is 0 Å². The van der Waals surface area contributed by atoms with E-state index in [0.717, 1.165) is 38.2 Å². The lowest BCUT2D eigenvalue weighted by molar-refractivity contribution is 0.0792. The molecule has 0 bridgehead atoms. The van der Waals surface area contributed by atoms with Crippen molar-refractivity contribution in [2.75, 3.05) is 18.8 Å². The van der Waals surface area contributed by atoms with Crippen molar-refractivity contribution in [3.05, 3.63) is 54.1 Å². The number of aliphatic hydroxyl groups is 1. The fourth-order valence-corrected chi connectivity index (χ4v) is 2.62. The Bertz CT molecular complexity index is 548. The molecule has 0 amide bonds. The number of nitrogens with zero attached hydrogens (tertiary/aromatic N) is 1. The summed E-state index contributed by atoms with van der Waals surface area (Å²) in [6, 6.07) is 16.5. The molecule has 4 rings (SSSR count). The number of nitrogen functional groups attached to an aromatic ring is 1. The van der Waals surface area contributed by atoms with Gasteiger partial charge < -0.3 is 10.8 Å². The predicted molar refractivity (Wildman–Crippen MR) is 86.8 cm³/mol. The topological polar surface area (TPSA) is 49.5 Å². The monoisotopic (exact) mass is 282 g/mol. The van der Waals surface area contributed by atoms with Gasteiger partial charge in [-0.15, -0.1) is 0 Å². The molecule has 2 aliphatic carbocycles. The minimum atomic E-state index is -0.0901. The summed E-state index contributed by atoms with van der Waals surface area (Å²) in [6.45, 7) is 2.95. The van der Waals surface area contributed by atoms with E-state index in [9.17, 15) is 5.11 Å². The van der Waals surface area contributed by atoms with Crippen LogP contribution in [0.15, 0.2) is 48.5 Å². The van der Waals surface area contributed by atoms with E-state index in [1.54, 1.807) is 0 Å². The molecule has 0 unspecified atom stereocenters. The van der Waals surface area contributed by atoms with Crippen LogP contribution in [0.1, 0.15) is 18.4 Å². The number of likely N-dealkylation sites (tertiary alicyclic amines) is 1. The van der Waals surface area contributed by atoms with Crippen molar-refractivity contribution >= 4 is 5.69 Å². The molecule has 1 aromatic carbocycles. The molecule has 3 nitrogen and oxygen atoms in total. The van der Waals surface area contributed by atoms with Crippen molar-refractivity contribution in [3.63, 3.8) is 0 Å². The number of anilines is 1. The maximum Gasteiger partial charge on any atom is 0.0564 e. The van der Waals surface area contributed by atoms with Crippen molar-refractivity contribution in [2.45, 2.75) is 25.5 Å². The number of rotatable bonds is 2. The molecule has 1 heterocycles. The number of piperidine rings is 1. The van der Waals surface area contributed by atoms with Gasteiger partial charge in [0.15, 0.2) is 0 Å². The lowest BCUT2D eigenvalue weighted by atomic mass is 9.95. The first-order valence-electron chi connectivity index (χ1n) is 7.56. The third-order valence-corrected chi connectivity index (χ3v) is 4.16. The third-order valence-electron chi connectivity index (χ3n) is 4.16. The fourth-order valence-electron chi connectivity index (χ4n) is 2.62. The first kappa shape index (κ1) is 14.1. The highest BCUT2D eigenvalue weighted by molar-refractivity contribution is 5.75. The number of aliphatic hydroxyl groups excluding tert-OH is 1. The van der Waals surface area contributed by atoms with Crippen LogP contribution in [-0.2, 0) is 6.54 Å². The van der Waals surface area contributed by atoms with Gasteiger partial charge >= 0.3 is 0 Å². The highest BCUT2D eigenvalue weighted by Gasteiger charge is 2.16. The largest absolute Gasteiger partial charge is 0.399 e. The van der Waals surface area contributed by atoms with Crippen LogP contribution in [0.2, 0.25) is 0 Å². The van der Waals surface area contributed by atoms with E-state index < -0.39 is 0 Å². The standard InChI is InChI=1S/C12H18N2O.C6H4/c13-11-3-1-10(2-4-11)9-14-7-5-12(15)6-8-14;1-2-6-4-3-5(1)6/h1-4,12,15H,5-9,13H2;1-4H. The van der Waals surface area contributed by atoms with E-state index in [1.807, 2.05) is 12.1 Å². The molecular weight excluding hydrogens is 260 g/mol. The zero-order valence-corrected chi connectivity index (χ0v) is 12.2. The Morgan fingerprint density at radius 3 is 1.86 bits per heavy atom. The molecule has 3 aliphatic rings. The van der Waals surface area contributed by atoms with Gasteiger partial charge in [0.2, 0.25) is 0 Å². The molecule has 110 valence electrons. The van der Waals surface area contributed by atoms with Gasteiger partial charge in [0.05, 0.1) is 6.10 Å². The zero-order chi connectivity index (χ0) is 14.7. The number of nitrogens with two attached hydrogens (primary N) is 1. The third kappa shape index (κ3) is 3.63. The number of hydrogen-bond acceptors (Lipinski definition) is 3. The van der Waals surface area contributed by atoms with Crippen molar-refractivity contribution in [1.82, 2.24) is 4.90 Å². The van der Waals surface area contributed by atoms with Gasteiger partial charge in [0.25, 0.3) is 0 Å². The van der Waals surface area contributed by atoms with Crippen molar-refractivity contribution in [2.24, 2.45) is 0 Å². The van der Waals surface area contributed by atoms with Crippen LogP contribution in [0, 0.1) is 0 Å². The van der Waals surface area contributed by atoms with Crippen LogP contribution in [0.3, 0.4) is 0 Å². The van der Waals surface area contributed by atoms with Gasteiger partial charge in [-0.1, -0.05) is 36.4 Å². The smallest absolute Gasteiger partial charge is 0.0564 e. The number of fused-ring (bicyclic) bond motifs is 1. The van der Waals surface area contributed by atoms with Crippen LogP contribution in [-0.4, -0.2) is 29.2 Å². The first-order valence-corrected chi connectivity index (χ1v) is 7.56. The van der Waals surface area contributed by atoms with Gasteiger partial charge in [-0.05, 0) is 41.7 Å². The minimum absolute atomic E-state index is 0.0901. The summed E-state index contributed by atoms with van der Waals surface area (Å²) in [5.41, 5.74) is 10.6. The fraction of sp³-hybridized carbons (Fsp3) is 0.333. The summed E-state index contributed by atoms with van der Waals surface area (Å²) < 4.78 is 0. The Morgan fingerprint density at radius 1 is 0.905 bits per heavy atom. The van der Waals surface area contributed by atoms with Crippen molar-refractivity contribution < 1.29 is 5.11 Å². The lowest BCUT2D eigenvalue weighted by Crippen LogP contribution is -2.35. The molecule has 1 aliphatic heterocycles. The summed E-state index contributed by atoms with van der Waals surface area (Å²) in [5.74, 6) is 0. The predicted octanol–water partition coefficient (Wildman–Crippen LogP) is 2.89. The van der Waals surface area contributed by atoms with Crippen molar-refractivity contribution in [3.8, 4) is 11.1 Å². The van der Waals surface area contributed by atoms with Crippen LogP contribution in [0.25, 0.3) is 11.1 Å². The maximum atomic E-state index is 9.39. The molecule has 1 aromatic rings. The van der Waals surface area contributed by atoms with E-state index in [0.29, 0.717) is 0 Å². The number of hydrogen-bond donors (Lipinski definition) is 2. The second-order valence-electron chi connectivity index (χ2n) is 5.83. The number of benzene rings is 2. The van der Waals surface area contributed by atoms with Gasteiger partial charge in [0, 0.05) is 25.3 Å². The Balaban J connectivity index is 0.000000180. The SMILES string of the molecule is Nc1ccc(CN2CCC(O)CC2)cc1.c1cc2ccc1-2. The molecule has 1 fully saturated rings. The highest BCUT2D eigenvalue weighted by atomic mass is 16.3. The molecular formula is C18H22N2O. The normalized spacial score (nSPS) is 17.0. The molecule has 3 heteroatoms. The molecule has 0 radical (unpaired) electrons. The van der Waals surface area contributed by atoms with Gasteiger partial charge in [-0.2, -0.15) is 0 Å². The Kier molecular flexibility index (Phi) is 4.23. The minimum Gasteiger partial charge on any atom is -0.399 e. The van der Waals surface area contributed by atoms with Crippen LogP contribution >= 0.6 is 0 Å². The van der Waals surface area contributed by atoms with Crippen LogP contribution < -0.4 is 5.73 Å². The van der Waals surface area contributed by atoms with E-state index in [2.05, 4.69) is 41.3 Å². The molecule has 21 heavy (non-hydrogen) atoms. The molecule has 0 aromatic heterocycles. The van der Waals surface area contributed by atoms with Crippen LogP contribution in [0.4, 0.5) is 5.69 Å². The molecule has 1 saturated heterocycles. The molecule has 0 saturated carbocycles. The second kappa shape index (κ2) is 6.29. The van der Waals surface area contributed by atoms with Crippen molar-refractivity contribution in [1.29, 1.82) is 0 Å². The van der Waals surface area contributed by atoms with E-state index in [-0.39, 0.29) is 6.10 Å². The van der Waals surface area contributed by atoms with Gasteiger partial charge in [-0.25, -0.2) is 0 Å². The summed E-state index contributed by atoms with van der Waals surface area (Å²) >= 11 is 0. The average Bonchev–Trinajstić information content (AvgIpc) is 2.48. The van der Waals surface area contributed by atoms with E-state index in [4.69, 9.17) is 5.73 Å². The second-order valence-corrected chi connectivity index (χ2v) is 5.83.